The molecular formula is C14H14N4O4S. The molecule has 0 unspecified atom stereocenters. The number of anilines is 1. The summed E-state index contributed by atoms with van der Waals surface area (Å²) in [6, 6.07) is 7.64. The van der Waals surface area contributed by atoms with Gasteiger partial charge in [-0.3, -0.25) is 10.1 Å². The number of primary sulfonamides is 1. The minimum atomic E-state index is -3.89. The van der Waals surface area contributed by atoms with Crippen LogP contribution in [0.15, 0.2) is 41.4 Å². The van der Waals surface area contributed by atoms with Crippen LogP contribution in [-0.4, -0.2) is 24.9 Å². The van der Waals surface area contributed by atoms with E-state index in [9.17, 15) is 18.5 Å². The van der Waals surface area contributed by atoms with Gasteiger partial charge < -0.3 is 4.90 Å². The monoisotopic (exact) mass is 334 g/mol. The van der Waals surface area contributed by atoms with Crippen LogP contribution in [0.25, 0.3) is 0 Å². The first-order valence-electron chi connectivity index (χ1n) is 6.85. The largest absolute Gasteiger partial charge is 0.351 e. The fraction of sp³-hybridized carbons (Fsp3) is 0.214. The van der Waals surface area contributed by atoms with Crippen LogP contribution in [0.2, 0.25) is 0 Å². The lowest BCUT2D eigenvalue weighted by Crippen LogP contribution is -2.32. The highest BCUT2D eigenvalue weighted by molar-refractivity contribution is 7.89. The molecule has 1 aliphatic rings. The summed E-state index contributed by atoms with van der Waals surface area (Å²) >= 11 is 0. The number of rotatable bonds is 3. The first kappa shape index (κ1) is 15.4. The summed E-state index contributed by atoms with van der Waals surface area (Å²) in [5, 5.41) is 16.1. The van der Waals surface area contributed by atoms with Crippen LogP contribution in [0.3, 0.4) is 0 Å². The zero-order valence-corrected chi connectivity index (χ0v) is 12.9. The number of nitro benzene ring substituents is 1. The summed E-state index contributed by atoms with van der Waals surface area (Å²) < 4.78 is 23.4. The van der Waals surface area contributed by atoms with E-state index >= 15 is 0 Å². The Bertz CT molecular complexity index is 882. The van der Waals surface area contributed by atoms with E-state index in [0.29, 0.717) is 19.5 Å². The van der Waals surface area contributed by atoms with Gasteiger partial charge in [0.2, 0.25) is 10.0 Å². The Labute approximate surface area is 132 Å². The number of benzene rings is 1. The molecule has 1 aromatic carbocycles. The number of nitrogens with zero attached hydrogens (tertiary/aromatic N) is 3. The highest BCUT2D eigenvalue weighted by Gasteiger charge is 2.24. The molecule has 0 saturated heterocycles. The normalized spacial score (nSPS) is 14.4. The molecule has 1 aromatic heterocycles. The van der Waals surface area contributed by atoms with E-state index in [1.807, 2.05) is 0 Å². The van der Waals surface area contributed by atoms with Gasteiger partial charge in [-0.1, -0.05) is 6.07 Å². The Morgan fingerprint density at radius 1 is 1.26 bits per heavy atom. The molecule has 0 fully saturated rings. The van der Waals surface area contributed by atoms with E-state index in [-0.39, 0.29) is 16.4 Å². The van der Waals surface area contributed by atoms with Gasteiger partial charge in [0.05, 0.1) is 4.92 Å². The number of pyridine rings is 1. The van der Waals surface area contributed by atoms with Gasteiger partial charge in [-0.05, 0) is 29.7 Å². The van der Waals surface area contributed by atoms with Gasteiger partial charge in [0, 0.05) is 31.4 Å². The summed E-state index contributed by atoms with van der Waals surface area (Å²) in [6.45, 7) is 0.904. The van der Waals surface area contributed by atoms with Crippen molar-refractivity contribution < 1.29 is 13.3 Å². The number of fused-ring (bicyclic) bond motifs is 1. The van der Waals surface area contributed by atoms with E-state index in [0.717, 1.165) is 11.1 Å². The average Bonchev–Trinajstić information content (AvgIpc) is 2.53. The van der Waals surface area contributed by atoms with E-state index < -0.39 is 14.9 Å². The molecule has 2 aromatic rings. The maximum Gasteiger partial charge on any atom is 0.269 e. The van der Waals surface area contributed by atoms with Crippen LogP contribution in [0.5, 0.6) is 0 Å². The lowest BCUT2D eigenvalue weighted by atomic mass is 9.99. The van der Waals surface area contributed by atoms with Crippen molar-refractivity contribution in [3.63, 3.8) is 0 Å². The van der Waals surface area contributed by atoms with Crippen LogP contribution in [0, 0.1) is 10.1 Å². The Balaban J connectivity index is 2.00. The molecule has 0 bridgehead atoms. The predicted molar refractivity (Wildman–Crippen MR) is 83.5 cm³/mol. The Morgan fingerprint density at radius 3 is 2.74 bits per heavy atom. The molecule has 23 heavy (non-hydrogen) atoms. The number of aromatic nitrogens is 1. The Hall–Kier alpha value is -2.52. The number of hydrogen-bond donors (Lipinski definition) is 1. The van der Waals surface area contributed by atoms with Gasteiger partial charge >= 0.3 is 0 Å². The van der Waals surface area contributed by atoms with Gasteiger partial charge in [-0.25, -0.2) is 18.5 Å². The van der Waals surface area contributed by atoms with E-state index in [1.54, 1.807) is 11.0 Å². The second-order valence-electron chi connectivity index (χ2n) is 5.25. The number of non-ortho nitro benzene ring substituents is 1. The summed E-state index contributed by atoms with van der Waals surface area (Å²) in [5.41, 5.74) is 1.81. The molecule has 0 spiro atoms. The van der Waals surface area contributed by atoms with Crippen molar-refractivity contribution in [2.75, 3.05) is 11.4 Å². The molecule has 0 atom stereocenters. The lowest BCUT2D eigenvalue weighted by molar-refractivity contribution is -0.384. The maximum absolute atomic E-state index is 11.7. The van der Waals surface area contributed by atoms with Crippen molar-refractivity contribution >= 4 is 21.5 Å². The zero-order chi connectivity index (χ0) is 16.6. The van der Waals surface area contributed by atoms with Crippen LogP contribution >= 0.6 is 0 Å². The molecular weight excluding hydrogens is 320 g/mol. The molecule has 1 aliphatic heterocycles. The minimum Gasteiger partial charge on any atom is -0.351 e. The predicted octanol–water partition coefficient (Wildman–Crippen LogP) is 1.20. The molecule has 0 radical (unpaired) electrons. The topological polar surface area (TPSA) is 119 Å². The van der Waals surface area contributed by atoms with Crippen LogP contribution in [0.1, 0.15) is 11.1 Å². The van der Waals surface area contributed by atoms with Gasteiger partial charge in [-0.2, -0.15) is 0 Å². The third-order valence-corrected chi connectivity index (χ3v) is 4.70. The second kappa shape index (κ2) is 5.60. The van der Waals surface area contributed by atoms with Crippen LogP contribution in [0.4, 0.5) is 11.5 Å². The van der Waals surface area contributed by atoms with Gasteiger partial charge in [0.25, 0.3) is 5.69 Å². The molecule has 0 amide bonds. The van der Waals surface area contributed by atoms with Gasteiger partial charge in [0.15, 0.2) is 0 Å². The molecule has 120 valence electrons. The molecule has 2 heterocycles. The SMILES string of the molecule is NS(=O)(=O)c1cccnc1N1CCc2ccc([N+](=O)[O-])cc2C1. The van der Waals surface area contributed by atoms with Crippen LogP contribution in [-0.2, 0) is 23.0 Å². The van der Waals surface area contributed by atoms with Crippen molar-refractivity contribution in [2.45, 2.75) is 17.9 Å². The third-order valence-electron chi connectivity index (χ3n) is 3.77. The molecule has 2 N–H and O–H groups in total. The highest BCUT2D eigenvalue weighted by Crippen LogP contribution is 2.29. The molecule has 3 rings (SSSR count). The Kier molecular flexibility index (Phi) is 3.74. The van der Waals surface area contributed by atoms with E-state index in [1.165, 1.54) is 30.5 Å². The Morgan fingerprint density at radius 2 is 2.04 bits per heavy atom. The van der Waals surface area contributed by atoms with Crippen molar-refractivity contribution in [3.8, 4) is 0 Å². The van der Waals surface area contributed by atoms with Crippen molar-refractivity contribution in [1.82, 2.24) is 4.98 Å². The standard InChI is InChI=1S/C14H14N4O4S/c15-23(21,22)13-2-1-6-16-14(13)17-7-5-10-3-4-12(18(19)20)8-11(10)9-17/h1-4,6,8H,5,7,9H2,(H2,15,21,22). The van der Waals surface area contributed by atoms with E-state index in [4.69, 9.17) is 5.14 Å². The summed E-state index contributed by atoms with van der Waals surface area (Å²) in [7, 11) is -3.89. The molecule has 8 nitrogen and oxygen atoms in total. The fourth-order valence-corrected chi connectivity index (χ4v) is 3.38. The first-order valence-corrected chi connectivity index (χ1v) is 8.40. The van der Waals surface area contributed by atoms with E-state index in [2.05, 4.69) is 4.98 Å². The zero-order valence-electron chi connectivity index (χ0n) is 12.0. The number of nitrogens with two attached hydrogens (primary N) is 1. The third kappa shape index (κ3) is 3.01. The number of sulfonamides is 1. The molecule has 0 aliphatic carbocycles. The number of nitro groups is 1. The quantitative estimate of drug-likeness (QED) is 0.665. The fourth-order valence-electron chi connectivity index (χ4n) is 2.68. The first-order chi connectivity index (χ1) is 10.9. The smallest absolute Gasteiger partial charge is 0.269 e. The lowest BCUT2D eigenvalue weighted by Gasteiger charge is -2.30. The minimum absolute atomic E-state index is 0.0123. The van der Waals surface area contributed by atoms with Crippen molar-refractivity contribution in [2.24, 2.45) is 5.14 Å². The average molecular weight is 334 g/mol. The van der Waals surface area contributed by atoms with Gasteiger partial charge in [0.1, 0.15) is 10.7 Å². The summed E-state index contributed by atoms with van der Waals surface area (Å²) in [6.07, 6.45) is 2.14. The van der Waals surface area contributed by atoms with Crippen LogP contribution < -0.4 is 10.0 Å². The second-order valence-corrected chi connectivity index (χ2v) is 6.78. The van der Waals surface area contributed by atoms with Gasteiger partial charge in [-0.15, -0.1) is 0 Å². The molecule has 0 saturated carbocycles. The van der Waals surface area contributed by atoms with Crippen molar-refractivity contribution in [3.05, 3.63) is 57.8 Å². The highest BCUT2D eigenvalue weighted by atomic mass is 32.2. The molecule has 9 heteroatoms. The summed E-state index contributed by atoms with van der Waals surface area (Å²) in [4.78, 5) is 16.3. The maximum atomic E-state index is 11.7. The number of hydrogen-bond acceptors (Lipinski definition) is 6. The van der Waals surface area contributed by atoms with Crippen molar-refractivity contribution in [1.29, 1.82) is 0 Å². The summed E-state index contributed by atoms with van der Waals surface area (Å²) in [5.74, 6) is 0.271.